The van der Waals surface area contributed by atoms with Crippen molar-refractivity contribution in [3.8, 4) is 0 Å². The first-order valence-corrected chi connectivity index (χ1v) is 7.02. The predicted octanol–water partition coefficient (Wildman–Crippen LogP) is 2.53. The Morgan fingerprint density at radius 2 is 1.57 bits per heavy atom. The number of Topliss-reactive ketones (excluding diaryl/α,β-unsaturated/α-hetero) is 2. The van der Waals surface area contributed by atoms with Crippen LogP contribution in [-0.2, 0) is 9.53 Å². The van der Waals surface area contributed by atoms with Crippen LogP contribution >= 0.6 is 0 Å². The van der Waals surface area contributed by atoms with Crippen LogP contribution in [0.25, 0.3) is 0 Å². The third-order valence-corrected chi connectivity index (χ3v) is 3.28. The van der Waals surface area contributed by atoms with Crippen LogP contribution in [0, 0.1) is 6.92 Å². The molecular weight excluding hydrogens is 296 g/mol. The Bertz CT molecular complexity index is 704. The number of hydrogen-bond donors (Lipinski definition) is 1. The highest BCUT2D eigenvalue weighted by molar-refractivity contribution is 6.11. The van der Waals surface area contributed by atoms with E-state index in [1.807, 2.05) is 6.92 Å². The highest BCUT2D eigenvalue weighted by Gasteiger charge is 2.29. The molecule has 0 amide bonds. The van der Waals surface area contributed by atoms with Gasteiger partial charge in [0.05, 0.1) is 0 Å². The lowest BCUT2D eigenvalue weighted by Crippen LogP contribution is -2.34. The van der Waals surface area contributed by atoms with E-state index in [4.69, 9.17) is 4.74 Å². The summed E-state index contributed by atoms with van der Waals surface area (Å²) in [7, 11) is 0. The molecule has 0 saturated carbocycles. The van der Waals surface area contributed by atoms with Gasteiger partial charge in [0.2, 0.25) is 11.9 Å². The molecule has 0 aliphatic rings. The van der Waals surface area contributed by atoms with E-state index in [2.05, 4.69) is 0 Å². The van der Waals surface area contributed by atoms with Gasteiger partial charge in [-0.1, -0.05) is 60.2 Å². The summed E-state index contributed by atoms with van der Waals surface area (Å²) in [5, 5.41) is 9.19. The van der Waals surface area contributed by atoms with Crippen LogP contribution in [0.4, 0.5) is 0 Å². The van der Waals surface area contributed by atoms with Gasteiger partial charge in [0, 0.05) is 11.1 Å². The summed E-state index contributed by atoms with van der Waals surface area (Å²) < 4.78 is 5.07. The standard InChI is InChI=1S/C18H16O5/c1-12-7-9-14(10-8-12)16(20)17(18(21)22)23-11-15(19)13-5-3-2-4-6-13/h2-10,17H,11H2,1H3,(H,21,22). The van der Waals surface area contributed by atoms with Gasteiger partial charge in [-0.15, -0.1) is 0 Å². The molecule has 0 fully saturated rings. The van der Waals surface area contributed by atoms with Gasteiger partial charge in [0.1, 0.15) is 6.61 Å². The second-order valence-electron chi connectivity index (χ2n) is 5.05. The minimum absolute atomic E-state index is 0.232. The molecule has 0 aromatic heterocycles. The smallest absolute Gasteiger partial charge is 0.341 e. The maximum absolute atomic E-state index is 12.2. The third-order valence-electron chi connectivity index (χ3n) is 3.28. The van der Waals surface area contributed by atoms with E-state index in [-0.39, 0.29) is 11.3 Å². The van der Waals surface area contributed by atoms with Gasteiger partial charge in [-0.2, -0.15) is 0 Å². The van der Waals surface area contributed by atoms with Gasteiger partial charge in [0.15, 0.2) is 5.78 Å². The number of benzene rings is 2. The number of ketones is 2. The fourth-order valence-corrected chi connectivity index (χ4v) is 1.99. The number of carbonyl (C=O) groups is 3. The van der Waals surface area contributed by atoms with Gasteiger partial charge in [-0.3, -0.25) is 9.59 Å². The number of carboxylic acids is 1. The zero-order valence-electron chi connectivity index (χ0n) is 12.6. The van der Waals surface area contributed by atoms with Crippen molar-refractivity contribution in [3.63, 3.8) is 0 Å². The molecule has 5 nitrogen and oxygen atoms in total. The molecule has 0 heterocycles. The Labute approximate surface area is 133 Å². The van der Waals surface area contributed by atoms with Crippen LogP contribution < -0.4 is 0 Å². The first-order valence-electron chi connectivity index (χ1n) is 7.02. The normalized spacial score (nSPS) is 11.7. The number of aliphatic carboxylic acids is 1. The molecule has 23 heavy (non-hydrogen) atoms. The van der Waals surface area contributed by atoms with Gasteiger partial charge >= 0.3 is 5.97 Å². The summed E-state index contributed by atoms with van der Waals surface area (Å²) in [6, 6.07) is 14.8. The van der Waals surface area contributed by atoms with Crippen molar-refractivity contribution in [1.29, 1.82) is 0 Å². The lowest BCUT2D eigenvalue weighted by atomic mass is 10.0. The highest BCUT2D eigenvalue weighted by Crippen LogP contribution is 2.10. The van der Waals surface area contributed by atoms with E-state index in [1.54, 1.807) is 42.5 Å². The van der Waals surface area contributed by atoms with Crippen LogP contribution in [0.2, 0.25) is 0 Å². The topological polar surface area (TPSA) is 80.7 Å². The molecule has 0 saturated heterocycles. The maximum atomic E-state index is 12.2. The molecule has 1 atom stereocenters. The van der Waals surface area contributed by atoms with Crippen molar-refractivity contribution >= 4 is 17.5 Å². The van der Waals surface area contributed by atoms with Gasteiger partial charge in [-0.25, -0.2) is 4.79 Å². The SMILES string of the molecule is Cc1ccc(C(=O)C(OCC(=O)c2ccccc2)C(=O)O)cc1. The van der Waals surface area contributed by atoms with Crippen molar-refractivity contribution < 1.29 is 24.2 Å². The van der Waals surface area contributed by atoms with Crippen LogP contribution in [-0.4, -0.2) is 35.4 Å². The van der Waals surface area contributed by atoms with Gasteiger partial charge in [0.25, 0.3) is 0 Å². The largest absolute Gasteiger partial charge is 0.479 e. The summed E-state index contributed by atoms with van der Waals surface area (Å²) in [5.74, 6) is -2.48. The molecule has 2 aromatic rings. The number of ether oxygens (including phenoxy) is 1. The zero-order valence-corrected chi connectivity index (χ0v) is 12.6. The molecule has 1 unspecified atom stereocenters. The van der Waals surface area contributed by atoms with Crippen molar-refractivity contribution in [2.45, 2.75) is 13.0 Å². The Balaban J connectivity index is 2.07. The van der Waals surface area contributed by atoms with E-state index >= 15 is 0 Å². The molecule has 2 aromatic carbocycles. The van der Waals surface area contributed by atoms with Gasteiger partial charge < -0.3 is 9.84 Å². The minimum atomic E-state index is -1.70. The molecular formula is C18H16O5. The first-order chi connectivity index (χ1) is 11.0. The molecule has 0 spiro atoms. The van der Waals surface area contributed by atoms with Gasteiger partial charge in [-0.05, 0) is 6.92 Å². The molecule has 1 N–H and O–H groups in total. The fraction of sp³-hybridized carbons (Fsp3) is 0.167. The van der Waals surface area contributed by atoms with E-state index in [9.17, 15) is 19.5 Å². The van der Waals surface area contributed by atoms with Crippen molar-refractivity contribution in [3.05, 3.63) is 71.3 Å². The maximum Gasteiger partial charge on any atom is 0.341 e. The zero-order chi connectivity index (χ0) is 16.8. The Morgan fingerprint density at radius 3 is 2.13 bits per heavy atom. The first kappa shape index (κ1) is 16.6. The number of rotatable bonds is 7. The number of hydrogen-bond acceptors (Lipinski definition) is 4. The quantitative estimate of drug-likeness (QED) is 0.627. The minimum Gasteiger partial charge on any atom is -0.479 e. The Kier molecular flexibility index (Phi) is 5.38. The van der Waals surface area contributed by atoms with Crippen LogP contribution in [0.15, 0.2) is 54.6 Å². The van der Waals surface area contributed by atoms with Crippen LogP contribution in [0.3, 0.4) is 0 Å². The third kappa shape index (κ3) is 4.34. The highest BCUT2D eigenvalue weighted by atomic mass is 16.5. The fourth-order valence-electron chi connectivity index (χ4n) is 1.99. The monoisotopic (exact) mass is 312 g/mol. The Morgan fingerprint density at radius 1 is 0.957 bits per heavy atom. The summed E-state index contributed by atoms with van der Waals surface area (Å²) in [6.07, 6.45) is -1.70. The summed E-state index contributed by atoms with van der Waals surface area (Å²) in [4.78, 5) is 35.4. The number of carbonyl (C=O) groups excluding carboxylic acids is 2. The summed E-state index contributed by atoms with van der Waals surface area (Å²) in [6.45, 7) is 1.39. The van der Waals surface area contributed by atoms with Crippen molar-refractivity contribution in [2.75, 3.05) is 6.61 Å². The van der Waals surface area contributed by atoms with Crippen LogP contribution in [0.5, 0.6) is 0 Å². The second-order valence-corrected chi connectivity index (χ2v) is 5.05. The van der Waals surface area contributed by atoms with Crippen molar-refractivity contribution in [1.82, 2.24) is 0 Å². The molecule has 0 radical (unpaired) electrons. The molecule has 5 heteroatoms. The number of aryl methyl sites for hydroxylation is 1. The molecule has 0 aliphatic heterocycles. The molecule has 0 aliphatic carbocycles. The second kappa shape index (κ2) is 7.47. The average molecular weight is 312 g/mol. The summed E-state index contributed by atoms with van der Waals surface area (Å²) in [5.41, 5.74) is 1.59. The average Bonchev–Trinajstić information content (AvgIpc) is 2.55. The Hall–Kier alpha value is -2.79. The molecule has 118 valence electrons. The van der Waals surface area contributed by atoms with E-state index in [1.165, 1.54) is 12.1 Å². The molecule has 2 rings (SSSR count). The van der Waals surface area contributed by atoms with E-state index < -0.39 is 24.5 Å². The lowest BCUT2D eigenvalue weighted by molar-refractivity contribution is -0.146. The van der Waals surface area contributed by atoms with E-state index in [0.29, 0.717) is 5.56 Å². The molecule has 0 bridgehead atoms. The van der Waals surface area contributed by atoms with Crippen molar-refractivity contribution in [2.24, 2.45) is 0 Å². The van der Waals surface area contributed by atoms with E-state index in [0.717, 1.165) is 5.56 Å². The predicted molar refractivity (Wildman–Crippen MR) is 83.7 cm³/mol. The lowest BCUT2D eigenvalue weighted by Gasteiger charge is -2.12. The van der Waals surface area contributed by atoms with Crippen LogP contribution in [0.1, 0.15) is 26.3 Å². The summed E-state index contributed by atoms with van der Waals surface area (Å²) >= 11 is 0. The number of carboxylic acid groups (broad SMARTS) is 1.